The summed E-state index contributed by atoms with van der Waals surface area (Å²) in [5.41, 5.74) is 4.08. The molecule has 0 saturated carbocycles. The van der Waals surface area contributed by atoms with Crippen molar-refractivity contribution in [1.82, 2.24) is 4.98 Å². The van der Waals surface area contributed by atoms with Crippen molar-refractivity contribution in [1.29, 1.82) is 0 Å². The molecule has 0 spiro atoms. The minimum absolute atomic E-state index is 0.0293. The van der Waals surface area contributed by atoms with Gasteiger partial charge in [0.25, 0.3) is 5.69 Å². The van der Waals surface area contributed by atoms with Crippen LogP contribution in [-0.2, 0) is 16.4 Å². The highest BCUT2D eigenvalue weighted by Crippen LogP contribution is 2.38. The summed E-state index contributed by atoms with van der Waals surface area (Å²) in [5, 5.41) is 13.6. The van der Waals surface area contributed by atoms with Gasteiger partial charge in [-0.3, -0.25) is 14.4 Å². The molecule has 0 fully saturated rings. The van der Waals surface area contributed by atoms with Crippen molar-refractivity contribution in [2.75, 3.05) is 10.6 Å². The van der Waals surface area contributed by atoms with Crippen molar-refractivity contribution in [3.8, 4) is 21.8 Å². The van der Waals surface area contributed by atoms with E-state index in [1.54, 1.807) is 12.1 Å². The number of sulfonamides is 1. The van der Waals surface area contributed by atoms with Gasteiger partial charge >= 0.3 is 0 Å². The van der Waals surface area contributed by atoms with Crippen molar-refractivity contribution < 1.29 is 13.3 Å². The summed E-state index contributed by atoms with van der Waals surface area (Å²) in [4.78, 5) is 15.2. The minimum Gasteiger partial charge on any atom is -0.267 e. The molecular weight excluding hydrogens is 398 g/mol. The second kappa shape index (κ2) is 6.68. The van der Waals surface area contributed by atoms with E-state index in [0.717, 1.165) is 16.8 Å². The topological polar surface area (TPSA) is 93.4 Å². The standard InChI is InChI=1S/C19H17N3O4S2/c1-12-8-15-9-13(6-7-18(15)21(12)28(2,25)26)17-11-27-19(20-17)14-4-3-5-16(10-14)22(23)24/h3-7,9-12H,8H2,1-2H3. The van der Waals surface area contributed by atoms with E-state index in [0.29, 0.717) is 22.7 Å². The zero-order valence-electron chi connectivity index (χ0n) is 15.2. The summed E-state index contributed by atoms with van der Waals surface area (Å²) < 4.78 is 25.6. The number of nitrogens with zero attached hydrogens (tertiary/aromatic N) is 3. The molecule has 0 bridgehead atoms. The Morgan fingerprint density at radius 2 is 2.00 bits per heavy atom. The Kier molecular flexibility index (Phi) is 4.43. The average Bonchev–Trinajstić information content (AvgIpc) is 3.24. The first kappa shape index (κ1) is 18.6. The third kappa shape index (κ3) is 3.27. The summed E-state index contributed by atoms with van der Waals surface area (Å²) in [6.07, 6.45) is 1.87. The third-order valence-corrected chi connectivity index (χ3v) is 6.86. The molecular formula is C19H17N3O4S2. The van der Waals surface area contributed by atoms with E-state index in [-0.39, 0.29) is 11.7 Å². The van der Waals surface area contributed by atoms with Gasteiger partial charge in [0, 0.05) is 34.7 Å². The zero-order valence-corrected chi connectivity index (χ0v) is 16.8. The van der Waals surface area contributed by atoms with Crippen molar-refractivity contribution in [3.63, 3.8) is 0 Å². The van der Waals surface area contributed by atoms with Gasteiger partial charge in [-0.15, -0.1) is 11.3 Å². The summed E-state index contributed by atoms with van der Waals surface area (Å²) >= 11 is 1.42. The van der Waals surface area contributed by atoms with E-state index in [1.165, 1.54) is 34.0 Å². The molecule has 1 aromatic heterocycles. The van der Waals surface area contributed by atoms with E-state index < -0.39 is 14.9 Å². The van der Waals surface area contributed by atoms with Crippen molar-refractivity contribution >= 4 is 32.7 Å². The Balaban J connectivity index is 1.68. The predicted octanol–water partition coefficient (Wildman–Crippen LogP) is 4.10. The number of aromatic nitrogens is 1. The van der Waals surface area contributed by atoms with Gasteiger partial charge in [-0.2, -0.15) is 0 Å². The molecule has 3 aromatic rings. The molecule has 0 aliphatic carbocycles. The molecule has 2 heterocycles. The number of nitro groups is 1. The van der Waals surface area contributed by atoms with Crippen LogP contribution in [0.2, 0.25) is 0 Å². The maximum Gasteiger partial charge on any atom is 0.270 e. The van der Waals surface area contributed by atoms with Crippen molar-refractivity contribution in [2.24, 2.45) is 0 Å². The lowest BCUT2D eigenvalue weighted by Gasteiger charge is -2.21. The normalized spacial score (nSPS) is 16.2. The first-order valence-corrected chi connectivity index (χ1v) is 11.3. The van der Waals surface area contributed by atoms with E-state index >= 15 is 0 Å². The van der Waals surface area contributed by atoms with Crippen LogP contribution < -0.4 is 4.31 Å². The van der Waals surface area contributed by atoms with Gasteiger partial charge in [0.15, 0.2) is 0 Å². The first-order valence-electron chi connectivity index (χ1n) is 8.57. The van der Waals surface area contributed by atoms with Gasteiger partial charge in [-0.25, -0.2) is 13.4 Å². The van der Waals surface area contributed by atoms with Gasteiger partial charge in [0.1, 0.15) is 5.01 Å². The number of benzene rings is 2. The summed E-state index contributed by atoms with van der Waals surface area (Å²) in [6, 6.07) is 11.9. The number of thiazole rings is 1. The van der Waals surface area contributed by atoms with Crippen LogP contribution >= 0.6 is 11.3 Å². The van der Waals surface area contributed by atoms with E-state index in [1.807, 2.05) is 30.5 Å². The molecule has 144 valence electrons. The molecule has 0 saturated heterocycles. The monoisotopic (exact) mass is 415 g/mol. The van der Waals surface area contributed by atoms with Gasteiger partial charge < -0.3 is 0 Å². The van der Waals surface area contributed by atoms with Crippen LogP contribution in [0.15, 0.2) is 47.8 Å². The van der Waals surface area contributed by atoms with E-state index in [2.05, 4.69) is 4.98 Å². The molecule has 0 N–H and O–H groups in total. The molecule has 1 aliphatic rings. The largest absolute Gasteiger partial charge is 0.270 e. The fourth-order valence-corrected chi connectivity index (χ4v) is 5.65. The Morgan fingerprint density at radius 3 is 2.71 bits per heavy atom. The van der Waals surface area contributed by atoms with Crippen LogP contribution in [0.3, 0.4) is 0 Å². The summed E-state index contributed by atoms with van der Waals surface area (Å²) in [6.45, 7) is 1.89. The minimum atomic E-state index is -3.32. The van der Waals surface area contributed by atoms with Crippen LogP contribution in [0.25, 0.3) is 21.8 Å². The molecule has 28 heavy (non-hydrogen) atoms. The molecule has 4 rings (SSSR count). The Morgan fingerprint density at radius 1 is 1.21 bits per heavy atom. The number of non-ortho nitro benzene ring substituents is 1. The van der Waals surface area contributed by atoms with Gasteiger partial charge in [0.2, 0.25) is 10.0 Å². The van der Waals surface area contributed by atoms with Crippen LogP contribution in [0, 0.1) is 10.1 Å². The molecule has 2 aromatic carbocycles. The smallest absolute Gasteiger partial charge is 0.267 e. The molecule has 1 unspecified atom stereocenters. The highest BCUT2D eigenvalue weighted by molar-refractivity contribution is 7.92. The van der Waals surface area contributed by atoms with Gasteiger partial charge in [-0.05, 0) is 31.0 Å². The molecule has 0 radical (unpaired) electrons. The Hall–Kier alpha value is -2.78. The Labute approximate surface area is 166 Å². The highest BCUT2D eigenvalue weighted by atomic mass is 32.2. The average molecular weight is 415 g/mol. The highest BCUT2D eigenvalue weighted by Gasteiger charge is 2.32. The fourth-order valence-electron chi connectivity index (χ4n) is 3.56. The maximum absolute atomic E-state index is 12.1. The molecule has 1 aliphatic heterocycles. The second-order valence-electron chi connectivity index (χ2n) is 6.80. The van der Waals surface area contributed by atoms with Crippen molar-refractivity contribution in [2.45, 2.75) is 19.4 Å². The van der Waals surface area contributed by atoms with Gasteiger partial charge in [-0.1, -0.05) is 18.2 Å². The fraction of sp³-hybridized carbons (Fsp3) is 0.211. The number of anilines is 1. The molecule has 7 nitrogen and oxygen atoms in total. The summed E-state index contributed by atoms with van der Waals surface area (Å²) in [5.74, 6) is 0. The molecule has 0 amide bonds. The Bertz CT molecular complexity index is 1190. The van der Waals surface area contributed by atoms with Crippen LogP contribution in [0.4, 0.5) is 11.4 Å². The van der Waals surface area contributed by atoms with Crippen LogP contribution in [-0.4, -0.2) is 30.6 Å². The van der Waals surface area contributed by atoms with E-state index in [4.69, 9.17) is 0 Å². The maximum atomic E-state index is 12.1. The zero-order chi connectivity index (χ0) is 20.1. The SMILES string of the molecule is CC1Cc2cc(-c3csc(-c4cccc([N+](=O)[O-])c4)n3)ccc2N1S(C)(=O)=O. The number of hydrogen-bond acceptors (Lipinski definition) is 6. The quantitative estimate of drug-likeness (QED) is 0.472. The van der Waals surface area contributed by atoms with Crippen LogP contribution in [0.1, 0.15) is 12.5 Å². The lowest BCUT2D eigenvalue weighted by Crippen LogP contribution is -2.34. The summed E-state index contributed by atoms with van der Waals surface area (Å²) in [7, 11) is -3.32. The van der Waals surface area contributed by atoms with Gasteiger partial charge in [0.05, 0.1) is 22.6 Å². The lowest BCUT2D eigenvalue weighted by atomic mass is 10.1. The lowest BCUT2D eigenvalue weighted by molar-refractivity contribution is -0.384. The van der Waals surface area contributed by atoms with Crippen LogP contribution in [0.5, 0.6) is 0 Å². The predicted molar refractivity (Wildman–Crippen MR) is 110 cm³/mol. The van der Waals surface area contributed by atoms with Crippen molar-refractivity contribution in [3.05, 3.63) is 63.5 Å². The second-order valence-corrected chi connectivity index (χ2v) is 9.52. The molecule has 9 heteroatoms. The number of rotatable bonds is 4. The number of hydrogen-bond donors (Lipinski definition) is 0. The number of nitro benzene ring substituents is 1. The number of fused-ring (bicyclic) bond motifs is 1. The van der Waals surface area contributed by atoms with E-state index in [9.17, 15) is 18.5 Å². The molecule has 1 atom stereocenters. The third-order valence-electron chi connectivity index (χ3n) is 4.69. The first-order chi connectivity index (χ1) is 13.2.